The Hall–Kier alpha value is -4.70. The molecule has 0 aliphatic carbocycles. The first-order valence-corrected chi connectivity index (χ1v) is 11.2. The molecule has 1 amide bonds. The molecule has 0 fully saturated rings. The van der Waals surface area contributed by atoms with E-state index in [9.17, 15) is 14.9 Å². The Morgan fingerprint density at radius 2 is 1.91 bits per heavy atom. The summed E-state index contributed by atoms with van der Waals surface area (Å²) in [5.41, 5.74) is 3.17. The number of amides is 1. The molecule has 2 aromatic heterocycles. The molecule has 0 aliphatic heterocycles. The summed E-state index contributed by atoms with van der Waals surface area (Å²) in [5, 5.41) is 12.4. The molecule has 0 unspecified atom stereocenters. The third kappa shape index (κ3) is 5.12. The molecule has 174 valence electrons. The standard InChI is InChI=1S/C28H24N4O3/c1-4-20-10-12-23(13-11-20)35-27-24(28(34)32-14-6-8-19(3)25(32)31-27)16-21(17-29)26(33)30-22-9-5-7-18(2)15-22/h5-16H,4H2,1-3H3,(H,30,33)/b21-16-. The van der Waals surface area contributed by atoms with Crippen LogP contribution in [0.1, 0.15) is 29.2 Å². The predicted octanol–water partition coefficient (Wildman–Crippen LogP) is 5.21. The molecule has 0 atom stereocenters. The van der Waals surface area contributed by atoms with Gasteiger partial charge in [-0.15, -0.1) is 0 Å². The van der Waals surface area contributed by atoms with Gasteiger partial charge in [-0.2, -0.15) is 10.2 Å². The Kier molecular flexibility index (Phi) is 6.74. The molecule has 0 saturated heterocycles. The van der Waals surface area contributed by atoms with E-state index in [1.807, 2.05) is 44.2 Å². The number of pyridine rings is 1. The van der Waals surface area contributed by atoms with E-state index in [1.54, 1.807) is 42.6 Å². The topological polar surface area (TPSA) is 96.5 Å². The van der Waals surface area contributed by atoms with Crippen LogP contribution in [0.25, 0.3) is 11.7 Å². The second-order valence-electron chi connectivity index (χ2n) is 8.11. The number of rotatable bonds is 6. The van der Waals surface area contributed by atoms with Gasteiger partial charge in [-0.05, 0) is 73.4 Å². The number of nitriles is 1. The lowest BCUT2D eigenvalue weighted by Crippen LogP contribution is -2.20. The predicted molar refractivity (Wildman–Crippen MR) is 135 cm³/mol. The fourth-order valence-electron chi connectivity index (χ4n) is 3.61. The Morgan fingerprint density at radius 1 is 1.14 bits per heavy atom. The summed E-state index contributed by atoms with van der Waals surface area (Å²) in [5.74, 6) is -0.126. The first-order valence-electron chi connectivity index (χ1n) is 11.2. The molecule has 7 nitrogen and oxygen atoms in total. The first-order chi connectivity index (χ1) is 16.9. The number of anilines is 1. The summed E-state index contributed by atoms with van der Waals surface area (Å²) >= 11 is 0. The zero-order chi connectivity index (χ0) is 24.9. The van der Waals surface area contributed by atoms with Crippen molar-refractivity contribution in [1.29, 1.82) is 5.26 Å². The first kappa shape index (κ1) is 23.5. The number of nitrogens with one attached hydrogen (secondary N) is 1. The molecule has 7 heteroatoms. The van der Waals surface area contributed by atoms with E-state index >= 15 is 0 Å². The minimum Gasteiger partial charge on any atom is -0.438 e. The Labute approximate surface area is 203 Å². The van der Waals surface area contributed by atoms with Gasteiger partial charge in [-0.25, -0.2) is 0 Å². The van der Waals surface area contributed by atoms with Gasteiger partial charge >= 0.3 is 0 Å². The van der Waals surface area contributed by atoms with Crippen LogP contribution < -0.4 is 15.6 Å². The molecule has 0 radical (unpaired) electrons. The van der Waals surface area contributed by atoms with Gasteiger partial charge in [-0.3, -0.25) is 14.0 Å². The zero-order valence-corrected chi connectivity index (χ0v) is 19.7. The number of hydrogen-bond acceptors (Lipinski definition) is 5. The summed E-state index contributed by atoms with van der Waals surface area (Å²) in [4.78, 5) is 30.9. The number of fused-ring (bicyclic) bond motifs is 1. The molecule has 0 aliphatic rings. The van der Waals surface area contributed by atoms with Gasteiger partial charge in [0, 0.05) is 11.9 Å². The molecule has 2 aromatic carbocycles. The smallest absolute Gasteiger partial charge is 0.269 e. The van der Waals surface area contributed by atoms with Gasteiger partial charge in [0.25, 0.3) is 11.5 Å². The largest absolute Gasteiger partial charge is 0.438 e. The van der Waals surface area contributed by atoms with E-state index in [-0.39, 0.29) is 17.0 Å². The molecular weight excluding hydrogens is 440 g/mol. The van der Waals surface area contributed by atoms with Crippen LogP contribution in [-0.2, 0) is 11.2 Å². The van der Waals surface area contributed by atoms with Crippen molar-refractivity contribution in [2.24, 2.45) is 0 Å². The number of carbonyl (C=O) groups is 1. The summed E-state index contributed by atoms with van der Waals surface area (Å²) in [6.07, 6.45) is 3.70. The summed E-state index contributed by atoms with van der Waals surface area (Å²) in [6.45, 7) is 5.79. The number of aromatic nitrogens is 2. The molecule has 0 bridgehead atoms. The summed E-state index contributed by atoms with van der Waals surface area (Å²) in [7, 11) is 0. The van der Waals surface area contributed by atoms with Crippen LogP contribution in [0.2, 0.25) is 0 Å². The number of aryl methyl sites for hydroxylation is 3. The van der Waals surface area contributed by atoms with Crippen LogP contribution in [0.15, 0.2) is 77.2 Å². The number of carbonyl (C=O) groups excluding carboxylic acids is 1. The van der Waals surface area contributed by atoms with Gasteiger partial charge in [0.05, 0.1) is 0 Å². The van der Waals surface area contributed by atoms with Gasteiger partial charge in [0.1, 0.15) is 28.6 Å². The van der Waals surface area contributed by atoms with E-state index in [1.165, 1.54) is 10.5 Å². The number of benzene rings is 2. The van der Waals surface area contributed by atoms with Crippen molar-refractivity contribution in [2.75, 3.05) is 5.32 Å². The number of hydrogen-bond donors (Lipinski definition) is 1. The molecule has 4 rings (SSSR count). The van der Waals surface area contributed by atoms with Crippen LogP contribution >= 0.6 is 0 Å². The van der Waals surface area contributed by atoms with Crippen molar-refractivity contribution in [1.82, 2.24) is 9.38 Å². The van der Waals surface area contributed by atoms with Crippen molar-refractivity contribution in [3.8, 4) is 17.7 Å². The third-order valence-electron chi connectivity index (χ3n) is 5.53. The molecule has 1 N–H and O–H groups in total. The van der Waals surface area contributed by atoms with Gasteiger partial charge in [-0.1, -0.05) is 37.3 Å². The Morgan fingerprint density at radius 3 is 2.60 bits per heavy atom. The van der Waals surface area contributed by atoms with Crippen LogP contribution in [0.5, 0.6) is 11.6 Å². The van der Waals surface area contributed by atoms with E-state index < -0.39 is 11.5 Å². The van der Waals surface area contributed by atoms with Crippen molar-refractivity contribution >= 4 is 23.3 Å². The maximum atomic E-state index is 13.4. The SMILES string of the molecule is CCc1ccc(Oc2nc3c(C)cccn3c(=O)c2/C=C(/C#N)C(=O)Nc2cccc(C)c2)cc1. The van der Waals surface area contributed by atoms with Gasteiger partial charge < -0.3 is 10.1 Å². The second-order valence-corrected chi connectivity index (χ2v) is 8.11. The summed E-state index contributed by atoms with van der Waals surface area (Å²) in [6, 6.07) is 20.1. The number of ether oxygens (including phenoxy) is 1. The minimum absolute atomic E-state index is 0.00334. The highest BCUT2D eigenvalue weighted by atomic mass is 16.5. The monoisotopic (exact) mass is 464 g/mol. The maximum absolute atomic E-state index is 13.4. The quantitative estimate of drug-likeness (QED) is 0.312. The van der Waals surface area contributed by atoms with Crippen molar-refractivity contribution in [3.05, 3.63) is 105 Å². The van der Waals surface area contributed by atoms with E-state index in [2.05, 4.69) is 17.2 Å². The average Bonchev–Trinajstić information content (AvgIpc) is 2.85. The molecule has 0 spiro atoms. The van der Waals surface area contributed by atoms with Gasteiger partial charge in [0.2, 0.25) is 5.88 Å². The fraction of sp³-hybridized carbons (Fsp3) is 0.143. The fourth-order valence-corrected chi connectivity index (χ4v) is 3.61. The highest BCUT2D eigenvalue weighted by molar-refractivity contribution is 6.09. The lowest BCUT2D eigenvalue weighted by molar-refractivity contribution is -0.112. The minimum atomic E-state index is -0.634. The van der Waals surface area contributed by atoms with Crippen LogP contribution in [0, 0.1) is 25.2 Å². The van der Waals surface area contributed by atoms with Crippen molar-refractivity contribution < 1.29 is 9.53 Å². The molecule has 0 saturated carbocycles. The van der Waals surface area contributed by atoms with E-state index in [0.717, 1.165) is 23.1 Å². The molecule has 2 heterocycles. The molecule has 35 heavy (non-hydrogen) atoms. The van der Waals surface area contributed by atoms with E-state index in [0.29, 0.717) is 17.1 Å². The van der Waals surface area contributed by atoms with Crippen molar-refractivity contribution in [3.63, 3.8) is 0 Å². The van der Waals surface area contributed by atoms with Crippen LogP contribution in [0.4, 0.5) is 5.69 Å². The second kappa shape index (κ2) is 10.1. The molecule has 4 aromatic rings. The third-order valence-corrected chi connectivity index (χ3v) is 5.53. The maximum Gasteiger partial charge on any atom is 0.269 e. The van der Waals surface area contributed by atoms with Crippen molar-refractivity contribution in [2.45, 2.75) is 27.2 Å². The summed E-state index contributed by atoms with van der Waals surface area (Å²) < 4.78 is 7.38. The normalized spacial score (nSPS) is 11.2. The van der Waals surface area contributed by atoms with Crippen LogP contribution in [-0.4, -0.2) is 15.3 Å². The average molecular weight is 465 g/mol. The lowest BCUT2D eigenvalue weighted by Gasteiger charge is -2.12. The molecular formula is C28H24N4O3. The highest BCUT2D eigenvalue weighted by Crippen LogP contribution is 2.25. The van der Waals surface area contributed by atoms with E-state index in [4.69, 9.17) is 4.74 Å². The van der Waals surface area contributed by atoms with Gasteiger partial charge in [0.15, 0.2) is 0 Å². The zero-order valence-electron chi connectivity index (χ0n) is 19.7. The Balaban J connectivity index is 1.81. The highest BCUT2D eigenvalue weighted by Gasteiger charge is 2.18. The van der Waals surface area contributed by atoms with Crippen LogP contribution in [0.3, 0.4) is 0 Å². The number of nitrogens with zero attached hydrogens (tertiary/aromatic N) is 3. The lowest BCUT2D eigenvalue weighted by atomic mass is 10.1. The Bertz CT molecular complexity index is 1540.